The Balaban J connectivity index is 2.58. The Bertz CT molecular complexity index is 1130. The smallest absolute Gasteiger partial charge is 0.396 e. The summed E-state index contributed by atoms with van der Waals surface area (Å²) in [5.74, 6) is -11.2. The lowest BCUT2D eigenvalue weighted by Crippen LogP contribution is -2.40. The number of anilines is 1. The van der Waals surface area contributed by atoms with Gasteiger partial charge in [-0.1, -0.05) is 69.1 Å². The number of hydrogen-bond donors (Lipinski definition) is 2. The molecule has 2 N–H and O–H groups in total. The zero-order valence-corrected chi connectivity index (χ0v) is 21.7. The Morgan fingerprint density at radius 2 is 1.38 bits per heavy atom. The highest BCUT2D eigenvalue weighted by Crippen LogP contribution is 2.48. The molecule has 4 atom stereocenters. The van der Waals surface area contributed by atoms with E-state index in [9.17, 15) is 41.0 Å². The molecule has 2 rings (SSSR count). The minimum absolute atomic E-state index is 0.0224. The van der Waals surface area contributed by atoms with Gasteiger partial charge in [-0.15, -0.1) is 0 Å². The lowest BCUT2D eigenvalue weighted by molar-refractivity contribution is -0.184. The topological polar surface area (TPSA) is 66.4 Å². The summed E-state index contributed by atoms with van der Waals surface area (Å²) < 4.78 is 83.2. The first-order valence-corrected chi connectivity index (χ1v) is 11.7. The predicted octanol–water partition coefficient (Wildman–Crippen LogP) is 8.31. The zero-order valence-electron chi connectivity index (χ0n) is 20.1. The molecule has 37 heavy (non-hydrogen) atoms. The lowest BCUT2D eigenvalue weighted by atomic mass is 9.70. The van der Waals surface area contributed by atoms with Crippen LogP contribution in [0.4, 0.5) is 32.0 Å². The van der Waals surface area contributed by atoms with Gasteiger partial charge in [0.05, 0.1) is 34.4 Å². The SMILES string of the molecule is C[C@H]([C@H](C(=O)Nc1cc([C@H](C(C(=O)O)C(C)(C)C)C(F)(F)F)ccc1Cl)c1ccc(Cl)cc1)C(F)(F)F. The Morgan fingerprint density at radius 3 is 1.81 bits per heavy atom. The van der Waals surface area contributed by atoms with Gasteiger partial charge in [0.2, 0.25) is 5.91 Å². The summed E-state index contributed by atoms with van der Waals surface area (Å²) in [5, 5.41) is 11.8. The Kier molecular flexibility index (Phi) is 9.24. The van der Waals surface area contributed by atoms with Crippen molar-refractivity contribution in [2.24, 2.45) is 17.3 Å². The van der Waals surface area contributed by atoms with Crippen LogP contribution in [0.15, 0.2) is 42.5 Å². The number of rotatable bonds is 7. The molecule has 0 aliphatic carbocycles. The van der Waals surface area contributed by atoms with Gasteiger partial charge >= 0.3 is 18.3 Å². The first-order chi connectivity index (χ1) is 16.7. The van der Waals surface area contributed by atoms with E-state index < -0.39 is 58.9 Å². The Labute approximate surface area is 219 Å². The van der Waals surface area contributed by atoms with Crippen LogP contribution in [0.2, 0.25) is 10.0 Å². The van der Waals surface area contributed by atoms with Crippen LogP contribution < -0.4 is 5.32 Å². The fourth-order valence-electron chi connectivity index (χ4n) is 4.15. The molecule has 0 spiro atoms. The van der Waals surface area contributed by atoms with E-state index in [-0.39, 0.29) is 21.3 Å². The summed E-state index contributed by atoms with van der Waals surface area (Å²) >= 11 is 11.9. The van der Waals surface area contributed by atoms with E-state index >= 15 is 0 Å². The molecule has 2 aromatic carbocycles. The molecule has 1 amide bonds. The summed E-state index contributed by atoms with van der Waals surface area (Å²) in [7, 11) is 0. The number of nitrogens with one attached hydrogen (secondary N) is 1. The minimum atomic E-state index is -5.00. The van der Waals surface area contributed by atoms with E-state index in [2.05, 4.69) is 5.32 Å². The van der Waals surface area contributed by atoms with Crippen LogP contribution in [-0.4, -0.2) is 29.3 Å². The van der Waals surface area contributed by atoms with Gasteiger partial charge < -0.3 is 10.4 Å². The molecule has 0 aliphatic heterocycles. The lowest BCUT2D eigenvalue weighted by Gasteiger charge is -2.35. The summed E-state index contributed by atoms with van der Waals surface area (Å²) in [6.45, 7) is 4.84. The van der Waals surface area contributed by atoms with Crippen molar-refractivity contribution in [3.63, 3.8) is 0 Å². The second-order valence-corrected chi connectivity index (χ2v) is 10.6. The number of aliphatic carboxylic acids is 1. The van der Waals surface area contributed by atoms with Crippen molar-refractivity contribution in [3.8, 4) is 0 Å². The number of carboxylic acids is 1. The highest BCUT2D eigenvalue weighted by Gasteiger charge is 2.53. The van der Waals surface area contributed by atoms with Gasteiger partial charge in [-0.2, -0.15) is 26.3 Å². The largest absolute Gasteiger partial charge is 0.481 e. The summed E-state index contributed by atoms with van der Waals surface area (Å²) in [4.78, 5) is 25.0. The number of alkyl halides is 6. The Hall–Kier alpha value is -2.46. The molecule has 0 saturated carbocycles. The standard InChI is InChI=1S/C25H25Cl2F6NO3/c1-12(24(28,29)30)18(13-5-8-15(26)9-6-13)21(35)34-17-11-14(7-10-16(17)27)19(25(31,32)33)20(22(36)37)23(2,3)4/h5-12,18-20H,1-4H3,(H,34,35)(H,36,37)/t12-,18+,19-,20?/m1/s1. The maximum absolute atomic E-state index is 14.1. The summed E-state index contributed by atoms with van der Waals surface area (Å²) in [6, 6.07) is 7.95. The van der Waals surface area contributed by atoms with Crippen molar-refractivity contribution in [3.05, 3.63) is 63.6 Å². The average molecular weight is 572 g/mol. The van der Waals surface area contributed by atoms with Crippen molar-refractivity contribution in [1.29, 1.82) is 0 Å². The summed E-state index contributed by atoms with van der Waals surface area (Å²) in [6.07, 6.45) is -9.78. The van der Waals surface area contributed by atoms with Crippen LogP contribution in [0.25, 0.3) is 0 Å². The van der Waals surface area contributed by atoms with Crippen molar-refractivity contribution < 1.29 is 41.0 Å². The third kappa shape index (κ3) is 7.54. The number of benzene rings is 2. The number of amides is 1. The molecule has 0 saturated heterocycles. The van der Waals surface area contributed by atoms with Crippen molar-refractivity contribution in [1.82, 2.24) is 0 Å². The van der Waals surface area contributed by atoms with Gasteiger partial charge in [0.15, 0.2) is 0 Å². The number of carbonyl (C=O) groups is 2. The number of carboxylic acid groups (broad SMARTS) is 1. The van der Waals surface area contributed by atoms with Gasteiger partial charge in [0, 0.05) is 5.02 Å². The van der Waals surface area contributed by atoms with E-state index in [1.807, 2.05) is 0 Å². The molecule has 1 unspecified atom stereocenters. The van der Waals surface area contributed by atoms with Crippen LogP contribution in [0.1, 0.15) is 50.7 Å². The van der Waals surface area contributed by atoms with E-state index in [0.29, 0.717) is 0 Å². The molecule has 0 radical (unpaired) electrons. The van der Waals surface area contributed by atoms with Gasteiger partial charge in [-0.05, 0) is 40.8 Å². The third-order valence-electron chi connectivity index (χ3n) is 6.02. The fraction of sp³-hybridized carbons (Fsp3) is 0.440. The molecule has 204 valence electrons. The monoisotopic (exact) mass is 571 g/mol. The summed E-state index contributed by atoms with van der Waals surface area (Å²) in [5.41, 5.74) is -2.24. The van der Waals surface area contributed by atoms with E-state index in [0.717, 1.165) is 25.1 Å². The van der Waals surface area contributed by atoms with Crippen molar-refractivity contribution in [2.75, 3.05) is 5.32 Å². The molecule has 0 aromatic heterocycles. The number of halogens is 8. The zero-order chi connectivity index (χ0) is 28.5. The highest BCUT2D eigenvalue weighted by molar-refractivity contribution is 6.33. The molecule has 4 nitrogen and oxygen atoms in total. The van der Waals surface area contributed by atoms with Crippen molar-refractivity contribution >= 4 is 40.8 Å². The number of carbonyl (C=O) groups excluding carboxylic acids is 1. The molecular formula is C25H25Cl2F6NO3. The van der Waals surface area contributed by atoms with Crippen LogP contribution in [-0.2, 0) is 9.59 Å². The van der Waals surface area contributed by atoms with Crippen LogP contribution >= 0.6 is 23.2 Å². The highest BCUT2D eigenvalue weighted by atomic mass is 35.5. The molecule has 0 fully saturated rings. The molecule has 0 bridgehead atoms. The molecular weight excluding hydrogens is 547 g/mol. The van der Waals surface area contributed by atoms with Gasteiger partial charge in [-0.3, -0.25) is 9.59 Å². The molecule has 0 aliphatic rings. The molecule has 12 heteroatoms. The van der Waals surface area contributed by atoms with E-state index in [4.69, 9.17) is 23.2 Å². The second kappa shape index (κ2) is 11.1. The maximum Gasteiger partial charge on any atom is 0.396 e. The van der Waals surface area contributed by atoms with Crippen LogP contribution in [0.5, 0.6) is 0 Å². The van der Waals surface area contributed by atoms with Gasteiger partial charge in [-0.25, -0.2) is 0 Å². The van der Waals surface area contributed by atoms with E-state index in [1.54, 1.807) is 0 Å². The second-order valence-electron chi connectivity index (χ2n) is 9.79. The maximum atomic E-state index is 14.1. The van der Waals surface area contributed by atoms with Crippen LogP contribution in [0.3, 0.4) is 0 Å². The van der Waals surface area contributed by atoms with Gasteiger partial charge in [0.1, 0.15) is 0 Å². The predicted molar refractivity (Wildman–Crippen MR) is 129 cm³/mol. The van der Waals surface area contributed by atoms with Gasteiger partial charge in [0.25, 0.3) is 0 Å². The normalized spacial score (nSPS) is 16.0. The molecule has 2 aromatic rings. The third-order valence-corrected chi connectivity index (χ3v) is 6.60. The molecule has 0 heterocycles. The number of hydrogen-bond acceptors (Lipinski definition) is 2. The first-order valence-electron chi connectivity index (χ1n) is 11.0. The quantitative estimate of drug-likeness (QED) is 0.328. The van der Waals surface area contributed by atoms with E-state index in [1.165, 1.54) is 45.0 Å². The van der Waals surface area contributed by atoms with Crippen molar-refractivity contribution in [2.45, 2.75) is 51.9 Å². The Morgan fingerprint density at radius 1 is 0.865 bits per heavy atom. The fourth-order valence-corrected chi connectivity index (χ4v) is 4.44. The average Bonchev–Trinajstić information content (AvgIpc) is 2.72. The van der Waals surface area contributed by atoms with Crippen LogP contribution in [0, 0.1) is 17.3 Å². The minimum Gasteiger partial charge on any atom is -0.481 e. The first kappa shape index (κ1) is 30.8.